The minimum absolute atomic E-state index is 0.148. The van der Waals surface area contributed by atoms with E-state index in [0.717, 1.165) is 0 Å². The number of nitrogens with zero attached hydrogens (tertiary/aromatic N) is 4. The Hall–Kier alpha value is -2.50. The van der Waals surface area contributed by atoms with Gasteiger partial charge in [0.2, 0.25) is 0 Å². The first-order valence-corrected chi connectivity index (χ1v) is 7.05. The van der Waals surface area contributed by atoms with E-state index in [0.29, 0.717) is 16.6 Å². The predicted octanol–water partition coefficient (Wildman–Crippen LogP) is 2.54. The summed E-state index contributed by atoms with van der Waals surface area (Å²) in [4.78, 5) is 16.9. The Kier molecular flexibility index (Phi) is 3.31. The summed E-state index contributed by atoms with van der Waals surface area (Å²) < 4.78 is 16.8. The van der Waals surface area contributed by atoms with Crippen molar-refractivity contribution in [3.8, 4) is 0 Å². The Bertz CT molecular complexity index is 889. The Balaban J connectivity index is 2.09. The second-order valence-corrected chi connectivity index (χ2v) is 6.23. The van der Waals surface area contributed by atoms with Gasteiger partial charge in [-0.15, -0.1) is 0 Å². The maximum absolute atomic E-state index is 13.7. The molecule has 0 fully saturated rings. The summed E-state index contributed by atoms with van der Waals surface area (Å²) >= 11 is 0. The molecule has 114 valence electrons. The third-order valence-corrected chi connectivity index (χ3v) is 3.49. The number of aromatic nitrogens is 4. The van der Waals surface area contributed by atoms with Gasteiger partial charge in [0.1, 0.15) is 17.5 Å². The molecule has 0 aliphatic heterocycles. The van der Waals surface area contributed by atoms with Crippen LogP contribution in [0.4, 0.5) is 4.39 Å². The lowest BCUT2D eigenvalue weighted by Gasteiger charge is -2.19. The average Bonchev–Trinajstić information content (AvgIpc) is 2.89. The van der Waals surface area contributed by atoms with Crippen LogP contribution in [0, 0.1) is 5.82 Å². The van der Waals surface area contributed by atoms with Crippen molar-refractivity contribution in [2.24, 2.45) is 0 Å². The van der Waals surface area contributed by atoms with Gasteiger partial charge in [0.15, 0.2) is 5.65 Å². The molecule has 5 nitrogen and oxygen atoms in total. The highest BCUT2D eigenvalue weighted by molar-refractivity contribution is 5.73. The smallest absolute Gasteiger partial charge is 0.264 e. The fourth-order valence-electron chi connectivity index (χ4n) is 2.36. The summed E-state index contributed by atoms with van der Waals surface area (Å²) in [7, 11) is 0. The van der Waals surface area contributed by atoms with Crippen LogP contribution >= 0.6 is 0 Å². The normalized spacial score (nSPS) is 12.0. The van der Waals surface area contributed by atoms with Gasteiger partial charge < -0.3 is 0 Å². The van der Waals surface area contributed by atoms with E-state index in [2.05, 4.69) is 10.1 Å². The van der Waals surface area contributed by atoms with Gasteiger partial charge in [0.05, 0.1) is 18.3 Å². The standard InChI is InChI=1S/C16H17FN4O/c1-16(2,3)21-14-12(8-19-21)15(22)20(10-18-14)9-11-6-4-5-7-13(11)17/h4-8,10H,9H2,1-3H3. The van der Waals surface area contributed by atoms with E-state index in [-0.39, 0.29) is 23.5 Å². The van der Waals surface area contributed by atoms with Crippen LogP contribution < -0.4 is 5.56 Å². The van der Waals surface area contributed by atoms with E-state index >= 15 is 0 Å². The molecule has 0 amide bonds. The van der Waals surface area contributed by atoms with E-state index in [9.17, 15) is 9.18 Å². The maximum atomic E-state index is 13.7. The van der Waals surface area contributed by atoms with Crippen molar-refractivity contribution in [2.45, 2.75) is 32.9 Å². The van der Waals surface area contributed by atoms with Crippen molar-refractivity contribution in [1.29, 1.82) is 0 Å². The first-order valence-electron chi connectivity index (χ1n) is 7.05. The van der Waals surface area contributed by atoms with Gasteiger partial charge in [-0.05, 0) is 26.8 Å². The molecule has 0 spiro atoms. The van der Waals surface area contributed by atoms with Crippen LogP contribution in [-0.4, -0.2) is 19.3 Å². The molecule has 0 unspecified atom stereocenters. The fourth-order valence-corrected chi connectivity index (χ4v) is 2.36. The molecule has 0 saturated carbocycles. The number of hydrogen-bond acceptors (Lipinski definition) is 3. The molecule has 22 heavy (non-hydrogen) atoms. The summed E-state index contributed by atoms with van der Waals surface area (Å²) in [6.45, 7) is 6.12. The molecule has 0 bridgehead atoms. The fraction of sp³-hybridized carbons (Fsp3) is 0.312. The van der Waals surface area contributed by atoms with Crippen LogP contribution in [0.15, 0.2) is 41.6 Å². The Morgan fingerprint density at radius 3 is 2.64 bits per heavy atom. The van der Waals surface area contributed by atoms with Crippen molar-refractivity contribution >= 4 is 11.0 Å². The first kappa shape index (κ1) is 14.4. The molecule has 0 aliphatic carbocycles. The molecule has 0 radical (unpaired) electrons. The summed E-state index contributed by atoms with van der Waals surface area (Å²) in [5.41, 5.74) is 0.513. The largest absolute Gasteiger partial charge is 0.294 e. The van der Waals surface area contributed by atoms with Crippen molar-refractivity contribution in [3.63, 3.8) is 0 Å². The molecule has 0 N–H and O–H groups in total. The molecule has 0 atom stereocenters. The molecule has 0 saturated heterocycles. The molecule has 6 heteroatoms. The SMILES string of the molecule is CC(C)(C)n1ncc2c(=O)n(Cc3ccccc3F)cnc21. The zero-order chi connectivity index (χ0) is 15.9. The van der Waals surface area contributed by atoms with Gasteiger partial charge in [-0.3, -0.25) is 9.36 Å². The quantitative estimate of drug-likeness (QED) is 0.731. The Morgan fingerprint density at radius 2 is 1.95 bits per heavy atom. The Morgan fingerprint density at radius 1 is 1.23 bits per heavy atom. The molecule has 3 aromatic rings. The van der Waals surface area contributed by atoms with Gasteiger partial charge in [-0.2, -0.15) is 5.10 Å². The van der Waals surface area contributed by atoms with Gasteiger partial charge in [0.25, 0.3) is 5.56 Å². The molecule has 2 heterocycles. The third-order valence-electron chi connectivity index (χ3n) is 3.49. The van der Waals surface area contributed by atoms with Crippen molar-refractivity contribution in [2.75, 3.05) is 0 Å². The third kappa shape index (κ3) is 2.41. The molecule has 0 aliphatic rings. The van der Waals surface area contributed by atoms with Gasteiger partial charge in [-0.1, -0.05) is 18.2 Å². The highest BCUT2D eigenvalue weighted by Crippen LogP contribution is 2.18. The van der Waals surface area contributed by atoms with E-state index in [1.807, 2.05) is 20.8 Å². The van der Waals surface area contributed by atoms with Gasteiger partial charge in [-0.25, -0.2) is 14.1 Å². The maximum Gasteiger partial charge on any atom is 0.264 e. The molecule has 3 rings (SSSR count). The zero-order valence-corrected chi connectivity index (χ0v) is 12.7. The van der Waals surface area contributed by atoms with Crippen molar-refractivity contribution in [1.82, 2.24) is 19.3 Å². The zero-order valence-electron chi connectivity index (χ0n) is 12.7. The van der Waals surface area contributed by atoms with Gasteiger partial charge in [0, 0.05) is 5.56 Å². The highest BCUT2D eigenvalue weighted by atomic mass is 19.1. The van der Waals surface area contributed by atoms with E-state index in [1.165, 1.54) is 23.2 Å². The second-order valence-electron chi connectivity index (χ2n) is 6.23. The lowest BCUT2D eigenvalue weighted by atomic mass is 10.1. The number of fused-ring (bicyclic) bond motifs is 1. The molecular formula is C16H17FN4O. The van der Waals surface area contributed by atoms with Crippen LogP contribution in [0.3, 0.4) is 0 Å². The van der Waals surface area contributed by atoms with Crippen LogP contribution in [0.2, 0.25) is 0 Å². The second kappa shape index (κ2) is 5.05. The summed E-state index contributed by atoms with van der Waals surface area (Å²) in [5.74, 6) is -0.333. The van der Waals surface area contributed by atoms with Crippen LogP contribution in [0.5, 0.6) is 0 Å². The minimum atomic E-state index is -0.333. The monoisotopic (exact) mass is 300 g/mol. The lowest BCUT2D eigenvalue weighted by Crippen LogP contribution is -2.25. The molecule has 1 aromatic carbocycles. The first-order chi connectivity index (χ1) is 10.4. The van der Waals surface area contributed by atoms with Gasteiger partial charge >= 0.3 is 0 Å². The highest BCUT2D eigenvalue weighted by Gasteiger charge is 2.19. The van der Waals surface area contributed by atoms with E-state index < -0.39 is 0 Å². The number of halogens is 1. The van der Waals surface area contributed by atoms with Crippen LogP contribution in [-0.2, 0) is 12.1 Å². The lowest BCUT2D eigenvalue weighted by molar-refractivity contribution is 0.365. The summed E-state index contributed by atoms with van der Waals surface area (Å²) in [6, 6.07) is 6.40. The van der Waals surface area contributed by atoms with Crippen molar-refractivity contribution < 1.29 is 4.39 Å². The van der Waals surface area contributed by atoms with Crippen LogP contribution in [0.1, 0.15) is 26.3 Å². The molecular weight excluding hydrogens is 283 g/mol. The average molecular weight is 300 g/mol. The Labute approximate surface area is 127 Å². The minimum Gasteiger partial charge on any atom is -0.294 e. The summed E-state index contributed by atoms with van der Waals surface area (Å²) in [5, 5.41) is 4.70. The number of rotatable bonds is 2. The van der Waals surface area contributed by atoms with Crippen molar-refractivity contribution in [3.05, 3.63) is 58.5 Å². The predicted molar refractivity (Wildman–Crippen MR) is 82.3 cm³/mol. The number of hydrogen-bond donors (Lipinski definition) is 0. The summed E-state index contributed by atoms with van der Waals surface area (Å²) in [6.07, 6.45) is 2.97. The van der Waals surface area contributed by atoms with E-state index in [4.69, 9.17) is 0 Å². The number of benzene rings is 1. The van der Waals surface area contributed by atoms with Crippen LogP contribution in [0.25, 0.3) is 11.0 Å². The molecule has 2 aromatic heterocycles. The topological polar surface area (TPSA) is 52.7 Å². The van der Waals surface area contributed by atoms with E-state index in [1.54, 1.807) is 22.9 Å².